The molecule has 6 aromatic carbocycles. The molecule has 528 valence electrons. The molecule has 0 atom stereocenters. The number of esters is 2. The summed E-state index contributed by atoms with van der Waals surface area (Å²) in [7, 11) is 0. The van der Waals surface area contributed by atoms with E-state index in [1.54, 1.807) is 60.7 Å². The van der Waals surface area contributed by atoms with Gasteiger partial charge in [-0.1, -0.05) is 233 Å². The Bertz CT molecular complexity index is 3910. The molecule has 0 unspecified atom stereocenters. The summed E-state index contributed by atoms with van der Waals surface area (Å²) in [5.74, 6) is -0.469. The molecule has 10 aromatic rings. The zero-order chi connectivity index (χ0) is 73.3. The minimum absolute atomic E-state index is 0.0116. The van der Waals surface area contributed by atoms with E-state index in [0.29, 0.717) is 10.8 Å². The lowest BCUT2D eigenvalue weighted by Gasteiger charge is -2.13. The van der Waals surface area contributed by atoms with Crippen LogP contribution < -0.4 is 47.4 Å². The molecule has 0 saturated carbocycles. The summed E-state index contributed by atoms with van der Waals surface area (Å²) in [4.78, 5) is 76.8. The van der Waals surface area contributed by atoms with Crippen molar-refractivity contribution in [1.82, 2.24) is 59.8 Å². The van der Waals surface area contributed by atoms with Crippen LogP contribution in [0.15, 0.2) is 121 Å². The van der Waals surface area contributed by atoms with Gasteiger partial charge in [-0.05, 0) is 130 Å². The van der Waals surface area contributed by atoms with Gasteiger partial charge in [-0.25, -0.2) is 9.59 Å². The van der Waals surface area contributed by atoms with E-state index in [2.05, 4.69) is 59.8 Å². The summed E-state index contributed by atoms with van der Waals surface area (Å²) in [5, 5.41) is 0.156. The van der Waals surface area contributed by atoms with E-state index in [1.807, 2.05) is 0 Å². The number of hydrogen-bond acceptors (Lipinski definition) is 24. The second-order valence-corrected chi connectivity index (χ2v) is 30.0. The molecule has 16 bridgehead atoms. The number of aromatic nitrogens is 12. The maximum atomic E-state index is 13.9. The van der Waals surface area contributed by atoms with Gasteiger partial charge in [-0.3, -0.25) is 0 Å². The Morgan fingerprint density at radius 3 is 0.660 bits per heavy atom. The van der Waals surface area contributed by atoms with E-state index in [9.17, 15) is 9.59 Å². The van der Waals surface area contributed by atoms with Gasteiger partial charge in [0.05, 0.1) is 11.1 Å². The molecule has 4 aromatic heterocycles. The molecule has 0 spiro atoms. The number of nitrogens with zero attached hydrogens (tertiary/aromatic N) is 12. The predicted octanol–water partition coefficient (Wildman–Crippen LogP) is 23.5. The van der Waals surface area contributed by atoms with Gasteiger partial charge in [0.25, 0.3) is 0 Å². The summed E-state index contributed by atoms with van der Waals surface area (Å²) in [6.07, 6.45) is 0. The molecular weight excluding hydrogens is 1790 g/mol. The van der Waals surface area contributed by atoms with Gasteiger partial charge in [-0.2, -0.15) is 39.9 Å². The van der Waals surface area contributed by atoms with Crippen LogP contribution in [-0.2, 0) is 0 Å². The normalized spacial score (nSPS) is 11.4. The molecule has 0 radical (unpaired) electrons. The number of hydrogen-bond donors (Lipinski definition) is 0. The average Bonchev–Trinajstić information content (AvgIpc) is 0.815. The summed E-state index contributed by atoms with van der Waals surface area (Å²) in [6.45, 7) is 0. The van der Waals surface area contributed by atoms with Gasteiger partial charge >= 0.3 is 60.0 Å². The Labute approximate surface area is 672 Å². The maximum Gasteiger partial charge on any atom is 0.343 e. The van der Waals surface area contributed by atoms with Crippen molar-refractivity contribution in [2.45, 2.75) is 25.8 Å². The number of carbonyl (C=O) groups is 2. The van der Waals surface area contributed by atoms with Crippen molar-refractivity contribution in [3.8, 4) is 106 Å². The van der Waals surface area contributed by atoms with Crippen LogP contribution in [0.5, 0.6) is 106 Å². The van der Waals surface area contributed by atoms with Crippen molar-refractivity contribution >= 4 is 278 Å². The lowest BCUT2D eigenvalue weighted by Crippen LogP contribution is -2.10. The van der Waals surface area contributed by atoms with Crippen LogP contribution in [0.1, 0.15) is 20.7 Å². The Morgan fingerprint density at radius 2 is 0.450 bits per heavy atom. The van der Waals surface area contributed by atoms with E-state index < -0.39 is 37.7 Å². The fourth-order valence-corrected chi connectivity index (χ4v) is 7.52. The van der Waals surface area contributed by atoms with Crippen molar-refractivity contribution < 1.29 is 57.0 Å². The fraction of sp³-hybridized carbons (Fsp3) is 0.111. The highest BCUT2D eigenvalue weighted by molar-refractivity contribution is 6.65. The Morgan fingerprint density at radius 1 is 0.260 bits per heavy atom. The molecule has 2 aliphatic heterocycles. The fourth-order valence-electron chi connectivity index (χ4n) is 6.95. The third kappa shape index (κ3) is 32.1. The average molecular weight is 1810 g/mol. The van der Waals surface area contributed by atoms with Crippen LogP contribution in [0.4, 0.5) is 0 Å². The van der Waals surface area contributed by atoms with Gasteiger partial charge in [0.2, 0.25) is 21.1 Å². The van der Waals surface area contributed by atoms with E-state index >= 15 is 0 Å². The molecule has 0 amide bonds. The summed E-state index contributed by atoms with van der Waals surface area (Å²) in [5.41, 5.74) is -0.131. The van der Waals surface area contributed by atoms with Gasteiger partial charge in [0.15, 0.2) is 25.8 Å². The van der Waals surface area contributed by atoms with Crippen LogP contribution in [0, 0.1) is 0 Å². The topological polar surface area (TPSA) is 281 Å². The van der Waals surface area contributed by atoms with Crippen LogP contribution in [0.25, 0.3) is 10.8 Å². The molecule has 6 heterocycles. The first-order valence-corrected chi connectivity index (χ1v) is 34.7. The summed E-state index contributed by atoms with van der Waals surface area (Å²) < 4.78 is 54.1. The van der Waals surface area contributed by atoms with Crippen molar-refractivity contribution in [2.75, 3.05) is 0 Å². The van der Waals surface area contributed by atoms with E-state index in [0.717, 1.165) is 0 Å². The molecule has 100 heavy (non-hydrogen) atoms. The SMILES string of the molecule is ClC(Cl)Cl.ClC(Cl)Cl.ClC(Cl)Cl.ClC(Cl)Cl.ClC(Cl)Cl.ClC(Cl)Cl.O=C(Oc1ccc2cc(OC(=O)c3cc4cc(c3)Oc3nc(Cl)nc(n3)Oc3cccc(c3)Oc3nc(Cl)nc(n3)O4)ccc2c1)c1cc2cc(c1)Oc1nc(Cl)nc(n1)Oc1cccc(c1)Oc1nc(Cl)nc(n1)O2. The zero-order valence-corrected chi connectivity index (χ0v) is 64.2. The number of rotatable bonds is 4. The Kier molecular flexibility index (Phi) is 35.7. The zero-order valence-electron chi connectivity index (χ0n) is 47.6. The Hall–Kier alpha value is -4.66. The highest BCUT2D eigenvalue weighted by Crippen LogP contribution is 2.37. The minimum atomic E-state index is -0.845. The van der Waals surface area contributed by atoms with Gasteiger partial charge < -0.3 is 47.4 Å². The van der Waals surface area contributed by atoms with Crippen LogP contribution >= 0.6 is 255 Å². The van der Waals surface area contributed by atoms with Crippen molar-refractivity contribution in [3.05, 3.63) is 154 Å². The monoisotopic (exact) mass is 1800 g/mol. The molecular formula is C54H26Cl22N12O12. The second-order valence-electron chi connectivity index (χ2n) is 16.8. The van der Waals surface area contributed by atoms with Gasteiger partial charge in [0, 0.05) is 24.3 Å². The number of halogens is 22. The smallest absolute Gasteiger partial charge is 0.343 e. The minimum Gasteiger partial charge on any atom is -0.424 e. The largest absolute Gasteiger partial charge is 0.424 e. The quantitative estimate of drug-likeness (QED) is 0.0899. The predicted molar refractivity (Wildman–Crippen MR) is 388 cm³/mol. The Balaban J connectivity index is 0.000000572. The van der Waals surface area contributed by atoms with E-state index in [1.165, 1.54) is 60.7 Å². The first kappa shape index (κ1) is 84.3. The first-order chi connectivity index (χ1) is 47.3. The standard InChI is InChI=1S/C48H20Cl4N12O12.6CHCl3/c49-37-53-41-61-45(57-37)73-31-13-23(14-32(19-31)74-46-58-38(50)54-42(62-46)70-26-4-1-3-25(17-26)69-41)35(65)67-29-9-7-22-12-30(10-8-21(22)11-29)68-36(66)24-15-33-20-34(16-24)76-48-60-40(52)56-44(64-48)72-28-6-2-5-27(18-28)71-43-55-39(51)59-47(63-43)75-33;6*2-1(3)4/h1-20H;6*1H. The molecule has 0 N–H and O–H groups in total. The summed E-state index contributed by atoms with van der Waals surface area (Å²) >= 11 is 111. The van der Waals surface area contributed by atoms with E-state index in [4.69, 9.17) is 303 Å². The lowest BCUT2D eigenvalue weighted by atomic mass is 10.1. The molecule has 0 fully saturated rings. The molecule has 24 nitrogen and oxygen atoms in total. The molecule has 0 saturated heterocycles. The lowest BCUT2D eigenvalue weighted by molar-refractivity contribution is 0.0724. The second kappa shape index (κ2) is 42.3. The first-order valence-electron chi connectivity index (χ1n) is 25.4. The molecule has 2 aliphatic rings. The van der Waals surface area contributed by atoms with Crippen molar-refractivity contribution in [1.29, 1.82) is 0 Å². The van der Waals surface area contributed by atoms with Crippen LogP contribution in [-0.4, -0.2) is 97.5 Å². The highest BCUT2D eigenvalue weighted by Gasteiger charge is 2.22. The third-order valence-corrected chi connectivity index (χ3v) is 10.7. The number of ether oxygens (including phenoxy) is 10. The molecule has 0 aliphatic carbocycles. The number of carbonyl (C=O) groups excluding carboxylic acids is 2. The third-order valence-electron chi connectivity index (χ3n) is 9.99. The van der Waals surface area contributed by atoms with Crippen molar-refractivity contribution in [2.24, 2.45) is 0 Å². The van der Waals surface area contributed by atoms with Gasteiger partial charge in [0.1, 0.15) is 57.5 Å². The van der Waals surface area contributed by atoms with E-state index in [-0.39, 0.29) is 138 Å². The molecule has 46 heteroatoms. The number of alkyl halides is 18. The molecule has 12 rings (SSSR count). The summed E-state index contributed by atoms with van der Waals surface area (Å²) in [6, 6.07) is 28.3. The van der Waals surface area contributed by atoms with Crippen LogP contribution in [0.3, 0.4) is 0 Å². The number of benzene rings is 6. The highest BCUT2D eigenvalue weighted by atomic mass is 35.6. The van der Waals surface area contributed by atoms with Gasteiger partial charge in [-0.15, -0.1) is 19.9 Å². The maximum absolute atomic E-state index is 13.9. The van der Waals surface area contributed by atoms with Crippen LogP contribution in [0.2, 0.25) is 21.1 Å². The number of fused-ring (bicyclic) bond motifs is 17. The van der Waals surface area contributed by atoms with Crippen molar-refractivity contribution in [3.63, 3.8) is 0 Å².